The van der Waals surface area contributed by atoms with Crippen molar-refractivity contribution in [3.8, 4) is 0 Å². The Hall–Kier alpha value is -1.02. The molecule has 1 saturated heterocycles. The summed E-state index contributed by atoms with van der Waals surface area (Å²) in [6.45, 7) is 9.12. The molecular weight excluding hydrogens is 210 g/mol. The van der Waals surface area contributed by atoms with E-state index in [2.05, 4.69) is 37.8 Å². The van der Waals surface area contributed by atoms with Crippen LogP contribution in [0.1, 0.15) is 29.5 Å². The van der Waals surface area contributed by atoms with Crippen LogP contribution in [0.5, 0.6) is 0 Å². The number of benzene rings is 1. The zero-order valence-corrected chi connectivity index (χ0v) is 11.2. The van der Waals surface area contributed by atoms with Gasteiger partial charge in [-0.25, -0.2) is 0 Å². The fourth-order valence-electron chi connectivity index (χ4n) is 3.13. The fraction of sp³-hybridized carbons (Fsp3) is 0.600. The van der Waals surface area contributed by atoms with Crippen molar-refractivity contribution in [1.29, 1.82) is 0 Å². The van der Waals surface area contributed by atoms with E-state index in [4.69, 9.17) is 5.11 Å². The van der Waals surface area contributed by atoms with Crippen LogP contribution >= 0.6 is 0 Å². The molecule has 2 nitrogen and oxygen atoms in total. The Balaban J connectivity index is 2.19. The Kier molecular flexibility index (Phi) is 3.72. The summed E-state index contributed by atoms with van der Waals surface area (Å²) in [7, 11) is 0. The predicted octanol–water partition coefficient (Wildman–Crippen LogP) is 2.82. The zero-order chi connectivity index (χ0) is 12.4. The maximum Gasteiger partial charge on any atom is 0.0434 e. The van der Waals surface area contributed by atoms with E-state index in [9.17, 15) is 0 Å². The number of aliphatic hydroxyl groups excluding tert-OH is 1. The van der Waals surface area contributed by atoms with Gasteiger partial charge in [0.05, 0.1) is 0 Å². The average Bonchev–Trinajstić information content (AvgIpc) is 2.65. The molecule has 1 atom stereocenters. The third-order valence-electron chi connectivity index (χ3n) is 3.77. The van der Waals surface area contributed by atoms with Gasteiger partial charge in [0.15, 0.2) is 0 Å². The maximum absolute atomic E-state index is 9.01. The summed E-state index contributed by atoms with van der Waals surface area (Å²) in [5.41, 5.74) is 5.52. The van der Waals surface area contributed by atoms with Gasteiger partial charge >= 0.3 is 0 Å². The monoisotopic (exact) mass is 233 g/mol. The standard InChI is InChI=1S/C15H23NO/c1-11-8-12(2)15(13(3)9-11)16-6-4-14(10-16)5-7-17/h8-9,14,17H,4-7,10H2,1-3H3. The largest absolute Gasteiger partial charge is 0.396 e. The highest BCUT2D eigenvalue weighted by Crippen LogP contribution is 2.31. The van der Waals surface area contributed by atoms with Crippen molar-refractivity contribution in [2.45, 2.75) is 33.6 Å². The highest BCUT2D eigenvalue weighted by Gasteiger charge is 2.24. The SMILES string of the molecule is Cc1cc(C)c(N2CCC(CCO)C2)c(C)c1. The van der Waals surface area contributed by atoms with Crippen LogP contribution in [0.2, 0.25) is 0 Å². The van der Waals surface area contributed by atoms with Crippen molar-refractivity contribution < 1.29 is 5.11 Å². The van der Waals surface area contributed by atoms with E-state index >= 15 is 0 Å². The Morgan fingerprint density at radius 2 is 1.88 bits per heavy atom. The summed E-state index contributed by atoms with van der Waals surface area (Å²) in [6.07, 6.45) is 2.16. The molecule has 0 radical (unpaired) electrons. The van der Waals surface area contributed by atoms with Crippen LogP contribution in [0.3, 0.4) is 0 Å². The van der Waals surface area contributed by atoms with Gasteiger partial charge in [-0.3, -0.25) is 0 Å². The number of aliphatic hydroxyl groups is 1. The van der Waals surface area contributed by atoms with E-state index in [-0.39, 0.29) is 0 Å². The predicted molar refractivity (Wildman–Crippen MR) is 72.7 cm³/mol. The second-order valence-corrected chi connectivity index (χ2v) is 5.36. The van der Waals surface area contributed by atoms with Gasteiger partial charge in [0.25, 0.3) is 0 Å². The molecule has 1 fully saturated rings. The summed E-state index contributed by atoms with van der Waals surface area (Å²) >= 11 is 0. The zero-order valence-electron chi connectivity index (χ0n) is 11.2. The first-order valence-corrected chi connectivity index (χ1v) is 6.55. The van der Waals surface area contributed by atoms with Crippen molar-refractivity contribution in [3.63, 3.8) is 0 Å². The molecule has 1 aromatic carbocycles. The minimum Gasteiger partial charge on any atom is -0.396 e. The molecule has 0 bridgehead atoms. The van der Waals surface area contributed by atoms with Gasteiger partial charge < -0.3 is 10.0 Å². The minimum atomic E-state index is 0.324. The Bertz CT molecular complexity index is 377. The van der Waals surface area contributed by atoms with E-state index < -0.39 is 0 Å². The summed E-state index contributed by atoms with van der Waals surface area (Å²) in [4.78, 5) is 2.49. The molecule has 17 heavy (non-hydrogen) atoms. The van der Waals surface area contributed by atoms with Crippen molar-refractivity contribution in [2.75, 3.05) is 24.6 Å². The highest BCUT2D eigenvalue weighted by molar-refractivity contribution is 5.60. The van der Waals surface area contributed by atoms with E-state index in [1.54, 1.807) is 0 Å². The van der Waals surface area contributed by atoms with Crippen molar-refractivity contribution in [2.24, 2.45) is 5.92 Å². The third kappa shape index (κ3) is 2.63. The second kappa shape index (κ2) is 5.09. The molecule has 1 aliphatic rings. The summed E-state index contributed by atoms with van der Waals surface area (Å²) in [5.74, 6) is 0.667. The van der Waals surface area contributed by atoms with Crippen LogP contribution in [-0.2, 0) is 0 Å². The molecule has 0 aliphatic carbocycles. The molecule has 1 heterocycles. The van der Waals surface area contributed by atoms with Crippen molar-refractivity contribution in [3.05, 3.63) is 28.8 Å². The number of hydrogen-bond acceptors (Lipinski definition) is 2. The van der Waals surface area contributed by atoms with E-state index in [1.807, 2.05) is 0 Å². The van der Waals surface area contributed by atoms with E-state index in [1.165, 1.54) is 28.8 Å². The number of hydrogen-bond donors (Lipinski definition) is 1. The lowest BCUT2D eigenvalue weighted by molar-refractivity contribution is 0.263. The van der Waals surface area contributed by atoms with Gasteiger partial charge in [-0.05, 0) is 50.7 Å². The van der Waals surface area contributed by atoms with Gasteiger partial charge in [-0.2, -0.15) is 0 Å². The summed E-state index contributed by atoms with van der Waals surface area (Å²) in [6, 6.07) is 4.53. The van der Waals surface area contributed by atoms with Gasteiger partial charge in [0, 0.05) is 25.4 Å². The third-order valence-corrected chi connectivity index (χ3v) is 3.77. The molecule has 0 amide bonds. The smallest absolute Gasteiger partial charge is 0.0434 e. The van der Waals surface area contributed by atoms with Crippen LogP contribution < -0.4 is 4.90 Å². The fourth-order valence-corrected chi connectivity index (χ4v) is 3.13. The quantitative estimate of drug-likeness (QED) is 0.867. The second-order valence-electron chi connectivity index (χ2n) is 5.36. The van der Waals surface area contributed by atoms with Crippen LogP contribution in [0.4, 0.5) is 5.69 Å². The normalized spacial score (nSPS) is 20.0. The molecule has 1 N–H and O–H groups in total. The lowest BCUT2D eigenvalue weighted by atomic mass is 10.0. The van der Waals surface area contributed by atoms with Crippen LogP contribution in [-0.4, -0.2) is 24.8 Å². The first-order chi connectivity index (χ1) is 8.11. The lowest BCUT2D eigenvalue weighted by Crippen LogP contribution is -2.22. The molecule has 0 spiro atoms. The number of rotatable bonds is 3. The maximum atomic E-state index is 9.01. The van der Waals surface area contributed by atoms with Crippen molar-refractivity contribution in [1.82, 2.24) is 0 Å². The Labute approximate surface area is 104 Å². The first-order valence-electron chi connectivity index (χ1n) is 6.55. The molecule has 1 aromatic rings. The molecule has 0 aromatic heterocycles. The number of aryl methyl sites for hydroxylation is 3. The van der Waals surface area contributed by atoms with E-state index in [0.717, 1.165) is 19.5 Å². The Morgan fingerprint density at radius 3 is 2.47 bits per heavy atom. The minimum absolute atomic E-state index is 0.324. The molecule has 2 heteroatoms. The molecular formula is C15H23NO. The van der Waals surface area contributed by atoms with Crippen LogP contribution in [0.15, 0.2) is 12.1 Å². The molecule has 0 saturated carbocycles. The summed E-state index contributed by atoms with van der Waals surface area (Å²) < 4.78 is 0. The molecule has 2 rings (SSSR count). The van der Waals surface area contributed by atoms with Crippen molar-refractivity contribution >= 4 is 5.69 Å². The molecule has 1 aliphatic heterocycles. The molecule has 1 unspecified atom stereocenters. The Morgan fingerprint density at radius 1 is 1.24 bits per heavy atom. The molecule has 94 valence electrons. The van der Waals surface area contributed by atoms with Gasteiger partial charge in [0.1, 0.15) is 0 Å². The average molecular weight is 233 g/mol. The van der Waals surface area contributed by atoms with Gasteiger partial charge in [0.2, 0.25) is 0 Å². The van der Waals surface area contributed by atoms with Crippen LogP contribution in [0, 0.1) is 26.7 Å². The highest BCUT2D eigenvalue weighted by atomic mass is 16.3. The van der Waals surface area contributed by atoms with Gasteiger partial charge in [-0.15, -0.1) is 0 Å². The van der Waals surface area contributed by atoms with Crippen LogP contribution in [0.25, 0.3) is 0 Å². The topological polar surface area (TPSA) is 23.5 Å². The number of nitrogens with zero attached hydrogens (tertiary/aromatic N) is 1. The van der Waals surface area contributed by atoms with E-state index in [0.29, 0.717) is 12.5 Å². The lowest BCUT2D eigenvalue weighted by Gasteiger charge is -2.24. The number of anilines is 1. The van der Waals surface area contributed by atoms with Gasteiger partial charge in [-0.1, -0.05) is 17.7 Å². The summed E-state index contributed by atoms with van der Waals surface area (Å²) in [5, 5.41) is 9.01. The first kappa shape index (κ1) is 12.4.